The number of methoxy groups -OCH3 is 2. The fourth-order valence-electron chi connectivity index (χ4n) is 7.03. The zero-order valence-electron chi connectivity index (χ0n) is 23.4. The van der Waals surface area contributed by atoms with Crippen molar-refractivity contribution in [3.8, 4) is 11.5 Å². The highest BCUT2D eigenvalue weighted by Crippen LogP contribution is 2.58. The second-order valence-corrected chi connectivity index (χ2v) is 11.8. The van der Waals surface area contributed by atoms with E-state index in [1.54, 1.807) is 42.5 Å². The van der Waals surface area contributed by atoms with Gasteiger partial charge < -0.3 is 19.7 Å². The van der Waals surface area contributed by atoms with Crippen molar-refractivity contribution in [2.45, 2.75) is 17.5 Å². The lowest BCUT2D eigenvalue weighted by molar-refractivity contribution is -0.121. The Morgan fingerprint density at radius 1 is 0.837 bits per heavy atom. The average Bonchev–Trinajstić information content (AvgIpc) is 3.52. The van der Waals surface area contributed by atoms with Gasteiger partial charge in [-0.1, -0.05) is 76.6 Å². The molecule has 0 bridgehead atoms. The van der Waals surface area contributed by atoms with Crippen LogP contribution in [0.5, 0.6) is 11.5 Å². The normalized spacial score (nSPS) is 22.9. The fraction of sp³-hybridized carbons (Fsp3) is 0.171. The summed E-state index contributed by atoms with van der Waals surface area (Å²) in [5.41, 5.74) is 2.39. The zero-order chi connectivity index (χ0) is 29.9. The number of halogens is 1. The second kappa shape index (κ2) is 10.2. The van der Waals surface area contributed by atoms with Crippen LogP contribution in [-0.4, -0.2) is 43.8 Å². The number of para-hydroxylation sites is 2. The molecular formula is C35H27BrN2O5. The molecule has 4 aromatic rings. The first-order chi connectivity index (χ1) is 20.9. The highest BCUT2D eigenvalue weighted by molar-refractivity contribution is 9.10. The topological polar surface area (TPSA) is 84.9 Å². The lowest BCUT2D eigenvalue weighted by Crippen LogP contribution is -2.51. The van der Waals surface area contributed by atoms with Gasteiger partial charge in [-0.3, -0.25) is 14.4 Å². The number of amides is 1. The molecule has 0 unspecified atom stereocenters. The van der Waals surface area contributed by atoms with Crippen molar-refractivity contribution in [3.63, 3.8) is 0 Å². The standard InChI is InChI=1S/C35H27BrN2O5/c1-42-24-17-22(18-25(19-24)43-2)33(40)31-30(32(39)21-11-14-23(36)15-12-21)35(26-8-4-5-9-27(26)37-34(35)41)29-16-13-20-7-3-6-10-28(20)38(29)31/h3-19,29-31H,1-2H3,(H,37,41)/t29-,30+,31-,35-/m1/s1. The van der Waals surface area contributed by atoms with Crippen LogP contribution in [-0.2, 0) is 10.2 Å². The highest BCUT2D eigenvalue weighted by Gasteiger charge is 2.70. The van der Waals surface area contributed by atoms with Gasteiger partial charge in [0.05, 0.1) is 26.2 Å². The number of rotatable bonds is 6. The summed E-state index contributed by atoms with van der Waals surface area (Å²) in [6.07, 6.45) is 3.94. The lowest BCUT2D eigenvalue weighted by atomic mass is 9.64. The van der Waals surface area contributed by atoms with E-state index in [4.69, 9.17) is 9.47 Å². The zero-order valence-corrected chi connectivity index (χ0v) is 25.0. The molecule has 7 rings (SSSR count). The number of Topliss-reactive ketones (excluding diaryl/α,β-unsaturated/α-hetero) is 2. The van der Waals surface area contributed by atoms with Crippen molar-refractivity contribution in [2.75, 3.05) is 24.4 Å². The Bertz CT molecular complexity index is 1810. The summed E-state index contributed by atoms with van der Waals surface area (Å²) in [5, 5.41) is 3.06. The summed E-state index contributed by atoms with van der Waals surface area (Å²) in [6, 6.07) is 25.6. The van der Waals surface area contributed by atoms with E-state index in [1.807, 2.05) is 65.6 Å². The van der Waals surface area contributed by atoms with Crippen molar-refractivity contribution >= 4 is 50.9 Å². The van der Waals surface area contributed by atoms with Gasteiger partial charge in [-0.15, -0.1) is 0 Å². The predicted octanol–water partition coefficient (Wildman–Crippen LogP) is 6.32. The van der Waals surface area contributed by atoms with Crippen LogP contribution in [0.3, 0.4) is 0 Å². The number of carbonyl (C=O) groups is 3. The van der Waals surface area contributed by atoms with Crippen LogP contribution >= 0.6 is 15.9 Å². The Labute approximate surface area is 257 Å². The minimum absolute atomic E-state index is 0.284. The Hall–Kier alpha value is -4.69. The summed E-state index contributed by atoms with van der Waals surface area (Å²) in [4.78, 5) is 46.2. The summed E-state index contributed by atoms with van der Waals surface area (Å²) in [7, 11) is 3.05. The number of nitrogens with one attached hydrogen (secondary N) is 1. The molecule has 8 heteroatoms. The van der Waals surface area contributed by atoms with E-state index < -0.39 is 23.4 Å². The second-order valence-electron chi connectivity index (χ2n) is 10.9. The molecule has 43 heavy (non-hydrogen) atoms. The number of fused-ring (bicyclic) bond motifs is 6. The third-order valence-electron chi connectivity index (χ3n) is 8.86. The van der Waals surface area contributed by atoms with Gasteiger partial charge in [0.2, 0.25) is 5.91 Å². The van der Waals surface area contributed by atoms with Gasteiger partial charge in [0.25, 0.3) is 0 Å². The Kier molecular flexibility index (Phi) is 6.47. The predicted molar refractivity (Wildman–Crippen MR) is 168 cm³/mol. The smallest absolute Gasteiger partial charge is 0.238 e. The van der Waals surface area contributed by atoms with E-state index >= 15 is 0 Å². The van der Waals surface area contributed by atoms with Crippen LogP contribution in [0.15, 0.2) is 102 Å². The van der Waals surface area contributed by atoms with Gasteiger partial charge in [-0.05, 0) is 47.5 Å². The van der Waals surface area contributed by atoms with Crippen LogP contribution < -0.4 is 19.7 Å². The maximum Gasteiger partial charge on any atom is 0.238 e. The molecule has 0 saturated carbocycles. The first-order valence-corrected chi connectivity index (χ1v) is 14.7. The summed E-state index contributed by atoms with van der Waals surface area (Å²) >= 11 is 3.46. The molecule has 3 aliphatic heterocycles. The molecule has 0 aliphatic carbocycles. The minimum atomic E-state index is -1.38. The van der Waals surface area contributed by atoms with E-state index in [9.17, 15) is 14.4 Å². The molecule has 3 aliphatic rings. The largest absolute Gasteiger partial charge is 0.497 e. The number of anilines is 2. The van der Waals surface area contributed by atoms with Crippen LogP contribution in [0.4, 0.5) is 11.4 Å². The molecule has 0 aromatic heterocycles. The molecule has 0 radical (unpaired) electrons. The molecule has 3 heterocycles. The molecule has 4 aromatic carbocycles. The monoisotopic (exact) mass is 634 g/mol. The van der Waals surface area contributed by atoms with Crippen molar-refractivity contribution < 1.29 is 23.9 Å². The van der Waals surface area contributed by atoms with E-state index in [1.165, 1.54) is 14.2 Å². The Balaban J connectivity index is 1.53. The number of ketones is 2. The van der Waals surface area contributed by atoms with E-state index in [0.29, 0.717) is 33.9 Å². The van der Waals surface area contributed by atoms with Crippen LogP contribution in [0.25, 0.3) is 6.08 Å². The molecular weight excluding hydrogens is 608 g/mol. The van der Waals surface area contributed by atoms with Gasteiger partial charge in [-0.25, -0.2) is 0 Å². The van der Waals surface area contributed by atoms with Gasteiger partial charge in [-0.2, -0.15) is 0 Å². The Morgan fingerprint density at radius 3 is 2.23 bits per heavy atom. The van der Waals surface area contributed by atoms with E-state index in [2.05, 4.69) is 21.2 Å². The van der Waals surface area contributed by atoms with Crippen LogP contribution in [0.2, 0.25) is 0 Å². The fourth-order valence-corrected chi connectivity index (χ4v) is 7.30. The highest BCUT2D eigenvalue weighted by atomic mass is 79.9. The molecule has 1 N–H and O–H groups in total. The van der Waals surface area contributed by atoms with E-state index in [0.717, 1.165) is 15.7 Å². The van der Waals surface area contributed by atoms with Crippen molar-refractivity contribution in [1.82, 2.24) is 0 Å². The summed E-state index contributed by atoms with van der Waals surface area (Å²) in [6.45, 7) is 0. The quantitative estimate of drug-likeness (QED) is 0.250. The number of nitrogens with zero attached hydrogens (tertiary/aromatic N) is 1. The molecule has 1 amide bonds. The number of benzene rings is 4. The average molecular weight is 636 g/mol. The molecule has 1 saturated heterocycles. The van der Waals surface area contributed by atoms with Crippen LogP contribution in [0, 0.1) is 5.92 Å². The first kappa shape index (κ1) is 27.2. The van der Waals surface area contributed by atoms with Crippen LogP contribution in [0.1, 0.15) is 31.8 Å². The maximum absolute atomic E-state index is 14.9. The van der Waals surface area contributed by atoms with E-state index in [-0.39, 0.29) is 17.5 Å². The third-order valence-corrected chi connectivity index (χ3v) is 9.39. The lowest BCUT2D eigenvalue weighted by Gasteiger charge is -2.37. The summed E-state index contributed by atoms with van der Waals surface area (Å²) in [5.74, 6) is -1.06. The molecule has 1 spiro atoms. The SMILES string of the molecule is COc1cc(OC)cc(C(=O)[C@H]2[C@@H](C(=O)c3ccc(Br)cc3)[C@]3(C(=O)Nc4ccccc43)[C@H]3C=Cc4ccccc4N23)c1. The van der Waals surface area contributed by atoms with Gasteiger partial charge >= 0.3 is 0 Å². The number of hydrogen-bond donors (Lipinski definition) is 1. The number of ether oxygens (including phenoxy) is 2. The molecule has 1 fully saturated rings. The molecule has 4 atom stereocenters. The Morgan fingerprint density at radius 2 is 1.51 bits per heavy atom. The van der Waals surface area contributed by atoms with Gasteiger partial charge in [0.1, 0.15) is 23.0 Å². The van der Waals surface area contributed by atoms with Crippen molar-refractivity contribution in [2.24, 2.45) is 5.92 Å². The minimum Gasteiger partial charge on any atom is -0.497 e. The summed E-state index contributed by atoms with van der Waals surface area (Å²) < 4.78 is 11.8. The molecule has 214 valence electrons. The van der Waals surface area contributed by atoms with Gasteiger partial charge in [0, 0.05) is 33.0 Å². The van der Waals surface area contributed by atoms with Crippen molar-refractivity contribution in [1.29, 1.82) is 0 Å². The maximum atomic E-state index is 14.9. The third kappa shape index (κ3) is 3.97. The van der Waals surface area contributed by atoms with Crippen molar-refractivity contribution in [3.05, 3.63) is 124 Å². The van der Waals surface area contributed by atoms with Gasteiger partial charge in [0.15, 0.2) is 11.6 Å². The first-order valence-electron chi connectivity index (χ1n) is 13.9. The number of hydrogen-bond acceptors (Lipinski definition) is 6. The number of carbonyl (C=O) groups excluding carboxylic acids is 3. The molecule has 7 nitrogen and oxygen atoms in total.